The van der Waals surface area contributed by atoms with Gasteiger partial charge in [-0.15, -0.1) is 0 Å². The van der Waals surface area contributed by atoms with E-state index < -0.39 is 16.1 Å². The van der Waals surface area contributed by atoms with Crippen LogP contribution in [-0.2, 0) is 21.2 Å². The summed E-state index contributed by atoms with van der Waals surface area (Å²) in [7, 11) is -4.01. The first-order chi connectivity index (χ1) is 17.7. The van der Waals surface area contributed by atoms with Crippen LogP contribution in [0.3, 0.4) is 0 Å². The molecule has 0 aromatic heterocycles. The van der Waals surface area contributed by atoms with Crippen LogP contribution in [0.25, 0.3) is 10.8 Å². The molecule has 4 rings (SSSR count). The minimum Gasteiger partial charge on any atom is -0.337 e. The molecule has 1 aliphatic heterocycles. The Hall–Kier alpha value is -3.43. The van der Waals surface area contributed by atoms with Gasteiger partial charge < -0.3 is 15.1 Å². The molecule has 0 bridgehead atoms. The molecule has 0 saturated carbocycles. The number of carbonyl (C=O) groups is 2. The second kappa shape index (κ2) is 11.3. The van der Waals surface area contributed by atoms with Crippen molar-refractivity contribution in [1.29, 1.82) is 0 Å². The molecule has 8 nitrogen and oxygen atoms in total. The number of hydrogen-bond donors (Lipinski definition) is 2. The van der Waals surface area contributed by atoms with Crippen molar-refractivity contribution in [3.05, 3.63) is 78.4 Å². The molecule has 37 heavy (non-hydrogen) atoms. The summed E-state index contributed by atoms with van der Waals surface area (Å²) in [5, 5.41) is 4.30. The third-order valence-electron chi connectivity index (χ3n) is 6.53. The molecule has 2 N–H and O–H groups in total. The van der Waals surface area contributed by atoms with Crippen LogP contribution in [0.1, 0.15) is 26.3 Å². The number of nitrogens with zero attached hydrogens (tertiary/aromatic N) is 2. The van der Waals surface area contributed by atoms with Gasteiger partial charge in [0.05, 0.1) is 4.90 Å². The largest absolute Gasteiger partial charge is 0.337 e. The van der Waals surface area contributed by atoms with Crippen LogP contribution < -0.4 is 10.0 Å². The second-order valence-electron chi connectivity index (χ2n) is 9.77. The van der Waals surface area contributed by atoms with Crippen LogP contribution in [0.4, 0.5) is 4.79 Å². The Labute approximate surface area is 218 Å². The fraction of sp³-hybridized carbons (Fsp3) is 0.357. The zero-order chi connectivity index (χ0) is 26.6. The number of piperazine rings is 1. The van der Waals surface area contributed by atoms with Crippen LogP contribution >= 0.6 is 0 Å². The first-order valence-electron chi connectivity index (χ1n) is 12.6. The van der Waals surface area contributed by atoms with E-state index in [0.717, 1.165) is 10.9 Å². The fourth-order valence-corrected chi connectivity index (χ4v) is 6.14. The minimum absolute atomic E-state index is 0.0121. The average Bonchev–Trinajstić information content (AvgIpc) is 2.87. The smallest absolute Gasteiger partial charge is 0.317 e. The zero-order valence-electron chi connectivity index (χ0n) is 21.4. The molecule has 1 fully saturated rings. The molecule has 1 aliphatic rings. The number of benzene rings is 3. The minimum atomic E-state index is -4.01. The lowest BCUT2D eigenvalue weighted by Gasteiger charge is -2.41. The highest BCUT2D eigenvalue weighted by molar-refractivity contribution is 7.89. The Morgan fingerprint density at radius 2 is 1.62 bits per heavy atom. The van der Waals surface area contributed by atoms with Gasteiger partial charge in [-0.2, -0.15) is 4.72 Å². The molecular formula is C28H34N4O4S. The summed E-state index contributed by atoms with van der Waals surface area (Å²) >= 11 is 0. The first-order valence-corrected chi connectivity index (χ1v) is 14.0. The van der Waals surface area contributed by atoms with Crippen LogP contribution in [-0.4, -0.2) is 67.9 Å². The Morgan fingerprint density at radius 3 is 2.32 bits per heavy atom. The van der Waals surface area contributed by atoms with Gasteiger partial charge in [0, 0.05) is 37.1 Å². The molecule has 3 amide bonds. The Balaban J connectivity index is 1.58. The van der Waals surface area contributed by atoms with Crippen LogP contribution in [0.5, 0.6) is 0 Å². The summed E-state index contributed by atoms with van der Waals surface area (Å²) < 4.78 is 29.9. The maximum absolute atomic E-state index is 13.8. The van der Waals surface area contributed by atoms with E-state index in [1.807, 2.05) is 69.3 Å². The van der Waals surface area contributed by atoms with Crippen molar-refractivity contribution in [3.63, 3.8) is 0 Å². The summed E-state index contributed by atoms with van der Waals surface area (Å²) in [6.07, 6.45) is 0.214. The topological polar surface area (TPSA) is 98.8 Å². The number of amides is 3. The van der Waals surface area contributed by atoms with E-state index in [1.165, 1.54) is 0 Å². The highest BCUT2D eigenvalue weighted by Crippen LogP contribution is 2.23. The molecule has 1 heterocycles. The fourth-order valence-electron chi connectivity index (χ4n) is 4.72. The lowest BCUT2D eigenvalue weighted by Crippen LogP contribution is -2.61. The highest BCUT2D eigenvalue weighted by Gasteiger charge is 2.35. The van der Waals surface area contributed by atoms with E-state index in [1.54, 1.807) is 34.1 Å². The molecule has 0 aliphatic carbocycles. The summed E-state index contributed by atoms with van der Waals surface area (Å²) in [4.78, 5) is 29.8. The SMILES string of the molecule is CC(C)NC(=O)N1CCN(C(=O)C(Cc2ccccc2)NS(=O)(=O)c2cccc3ccccc23)CC1C. The number of urea groups is 1. The maximum atomic E-state index is 13.8. The number of rotatable bonds is 7. The summed E-state index contributed by atoms with van der Waals surface area (Å²) in [5.41, 5.74) is 0.851. The van der Waals surface area contributed by atoms with Gasteiger partial charge in [0.1, 0.15) is 6.04 Å². The van der Waals surface area contributed by atoms with Crippen molar-refractivity contribution in [2.45, 2.75) is 50.2 Å². The van der Waals surface area contributed by atoms with Crippen LogP contribution in [0.15, 0.2) is 77.7 Å². The molecule has 3 aromatic rings. The molecule has 2 unspecified atom stereocenters. The summed E-state index contributed by atoms with van der Waals surface area (Å²) in [6, 6.07) is 20.4. The van der Waals surface area contributed by atoms with Crippen LogP contribution in [0.2, 0.25) is 0 Å². The molecular weight excluding hydrogens is 488 g/mol. The van der Waals surface area contributed by atoms with E-state index in [9.17, 15) is 18.0 Å². The third-order valence-corrected chi connectivity index (χ3v) is 8.06. The number of nitrogens with one attached hydrogen (secondary N) is 2. The molecule has 0 spiro atoms. The Kier molecular flexibility index (Phi) is 8.14. The van der Waals surface area contributed by atoms with Gasteiger partial charge >= 0.3 is 6.03 Å². The first kappa shape index (κ1) is 26.6. The van der Waals surface area contributed by atoms with E-state index >= 15 is 0 Å². The van der Waals surface area contributed by atoms with Crippen molar-refractivity contribution in [1.82, 2.24) is 19.8 Å². The number of fused-ring (bicyclic) bond motifs is 1. The van der Waals surface area contributed by atoms with Crippen molar-refractivity contribution in [2.24, 2.45) is 0 Å². The van der Waals surface area contributed by atoms with E-state index in [2.05, 4.69) is 10.0 Å². The van der Waals surface area contributed by atoms with E-state index in [4.69, 9.17) is 0 Å². The zero-order valence-corrected chi connectivity index (χ0v) is 22.2. The van der Waals surface area contributed by atoms with Gasteiger partial charge in [-0.3, -0.25) is 4.79 Å². The second-order valence-corrected chi connectivity index (χ2v) is 11.5. The van der Waals surface area contributed by atoms with Crippen molar-refractivity contribution >= 4 is 32.7 Å². The van der Waals surface area contributed by atoms with Gasteiger partial charge in [0.2, 0.25) is 15.9 Å². The quantitative estimate of drug-likeness (QED) is 0.497. The summed E-state index contributed by atoms with van der Waals surface area (Å²) in [5.74, 6) is -0.302. The lowest BCUT2D eigenvalue weighted by molar-refractivity contribution is -0.135. The molecule has 196 valence electrons. The molecule has 1 saturated heterocycles. The summed E-state index contributed by atoms with van der Waals surface area (Å²) in [6.45, 7) is 6.73. The number of sulfonamides is 1. The Bertz CT molecular complexity index is 1360. The van der Waals surface area contributed by atoms with Gasteiger partial charge in [-0.1, -0.05) is 66.7 Å². The molecule has 2 atom stereocenters. The van der Waals surface area contributed by atoms with Gasteiger partial charge in [-0.05, 0) is 44.2 Å². The lowest BCUT2D eigenvalue weighted by atomic mass is 10.0. The molecule has 9 heteroatoms. The molecule has 3 aromatic carbocycles. The van der Waals surface area contributed by atoms with Crippen molar-refractivity contribution in [2.75, 3.05) is 19.6 Å². The van der Waals surface area contributed by atoms with Gasteiger partial charge in [0.15, 0.2) is 0 Å². The predicted molar refractivity (Wildman–Crippen MR) is 145 cm³/mol. The van der Waals surface area contributed by atoms with Crippen molar-refractivity contribution < 1.29 is 18.0 Å². The van der Waals surface area contributed by atoms with E-state index in [0.29, 0.717) is 25.0 Å². The standard InChI is InChI=1S/C28H34N4O4S/c1-20(2)29-28(34)32-17-16-31(19-21(32)3)27(33)25(18-22-10-5-4-6-11-22)30-37(35,36)26-15-9-13-23-12-7-8-14-24(23)26/h4-15,20-21,25,30H,16-19H2,1-3H3,(H,29,34). The number of carbonyl (C=O) groups excluding carboxylic acids is 2. The Morgan fingerprint density at radius 1 is 0.946 bits per heavy atom. The average molecular weight is 523 g/mol. The highest BCUT2D eigenvalue weighted by atomic mass is 32.2. The third kappa shape index (κ3) is 6.29. The maximum Gasteiger partial charge on any atom is 0.317 e. The normalized spacial score (nSPS) is 17.1. The number of hydrogen-bond acceptors (Lipinski definition) is 4. The van der Waals surface area contributed by atoms with E-state index in [-0.39, 0.29) is 35.3 Å². The van der Waals surface area contributed by atoms with Gasteiger partial charge in [0.25, 0.3) is 0 Å². The van der Waals surface area contributed by atoms with Crippen molar-refractivity contribution in [3.8, 4) is 0 Å². The monoisotopic (exact) mass is 522 g/mol. The predicted octanol–water partition coefficient (Wildman–Crippen LogP) is 3.38. The van der Waals surface area contributed by atoms with Gasteiger partial charge in [-0.25, -0.2) is 13.2 Å². The van der Waals surface area contributed by atoms with Crippen LogP contribution in [0, 0.1) is 0 Å². The molecule has 0 radical (unpaired) electrons.